The van der Waals surface area contributed by atoms with Gasteiger partial charge in [0.15, 0.2) is 0 Å². The Kier molecular flexibility index (Phi) is 10.1. The summed E-state index contributed by atoms with van der Waals surface area (Å²) in [6, 6.07) is 3.87. The number of amides is 1. The SMILES string of the molecule is CC(N)CC(=O)NCc1ccc(N2CCOC(C)C2)nc1.Cl.Cl. The molecule has 0 aromatic carbocycles. The number of aromatic nitrogens is 1. The van der Waals surface area contributed by atoms with E-state index in [-0.39, 0.29) is 42.9 Å². The Morgan fingerprint density at radius 1 is 1.52 bits per heavy atom. The molecule has 1 aromatic rings. The molecule has 0 spiro atoms. The minimum absolute atomic E-state index is 0. The van der Waals surface area contributed by atoms with Gasteiger partial charge in [-0.25, -0.2) is 4.98 Å². The highest BCUT2D eigenvalue weighted by molar-refractivity contribution is 5.85. The fraction of sp³-hybridized carbons (Fsp3) is 0.600. The normalized spacial score (nSPS) is 18.4. The smallest absolute Gasteiger partial charge is 0.221 e. The first-order valence-electron chi connectivity index (χ1n) is 7.38. The average molecular weight is 365 g/mol. The van der Waals surface area contributed by atoms with Crippen molar-refractivity contribution in [3.63, 3.8) is 0 Å². The molecule has 0 bridgehead atoms. The van der Waals surface area contributed by atoms with E-state index in [9.17, 15) is 4.79 Å². The van der Waals surface area contributed by atoms with E-state index in [1.54, 1.807) is 0 Å². The van der Waals surface area contributed by atoms with Gasteiger partial charge in [-0.15, -0.1) is 24.8 Å². The van der Waals surface area contributed by atoms with Gasteiger partial charge in [0.05, 0.1) is 12.7 Å². The van der Waals surface area contributed by atoms with Crippen LogP contribution in [0.25, 0.3) is 0 Å². The van der Waals surface area contributed by atoms with Gasteiger partial charge >= 0.3 is 0 Å². The lowest BCUT2D eigenvalue weighted by Gasteiger charge is -2.32. The topological polar surface area (TPSA) is 80.5 Å². The number of halogens is 2. The molecule has 6 nitrogen and oxygen atoms in total. The second-order valence-corrected chi connectivity index (χ2v) is 5.61. The second kappa shape index (κ2) is 10.6. The minimum atomic E-state index is -0.117. The highest BCUT2D eigenvalue weighted by Crippen LogP contribution is 2.15. The number of morpholine rings is 1. The van der Waals surface area contributed by atoms with E-state index in [0.29, 0.717) is 13.0 Å². The monoisotopic (exact) mass is 364 g/mol. The van der Waals surface area contributed by atoms with E-state index in [4.69, 9.17) is 10.5 Å². The fourth-order valence-electron chi connectivity index (χ4n) is 2.30. The number of ether oxygens (including phenoxy) is 1. The number of nitrogens with two attached hydrogens (primary N) is 1. The Balaban J connectivity index is 0.00000242. The van der Waals surface area contributed by atoms with Crippen molar-refractivity contribution in [2.75, 3.05) is 24.6 Å². The molecule has 2 heterocycles. The summed E-state index contributed by atoms with van der Waals surface area (Å²) in [5.41, 5.74) is 6.57. The summed E-state index contributed by atoms with van der Waals surface area (Å²) in [6.45, 7) is 6.82. The minimum Gasteiger partial charge on any atom is -0.375 e. The molecule has 1 aliphatic heterocycles. The quantitative estimate of drug-likeness (QED) is 0.827. The maximum absolute atomic E-state index is 11.5. The first-order valence-corrected chi connectivity index (χ1v) is 7.38. The molecule has 132 valence electrons. The summed E-state index contributed by atoms with van der Waals surface area (Å²) in [6.07, 6.45) is 2.39. The first kappa shape index (κ1) is 21.9. The number of carbonyl (C=O) groups is 1. The van der Waals surface area contributed by atoms with Crippen LogP contribution >= 0.6 is 24.8 Å². The van der Waals surface area contributed by atoms with Gasteiger partial charge in [0.1, 0.15) is 5.82 Å². The Bertz CT molecular complexity index is 471. The second-order valence-electron chi connectivity index (χ2n) is 5.61. The lowest BCUT2D eigenvalue weighted by atomic mass is 10.2. The number of rotatable bonds is 5. The maximum Gasteiger partial charge on any atom is 0.221 e. The van der Waals surface area contributed by atoms with Gasteiger partial charge in [-0.05, 0) is 25.5 Å². The predicted octanol–water partition coefficient (Wildman–Crippen LogP) is 1.50. The van der Waals surface area contributed by atoms with Gasteiger partial charge in [-0.2, -0.15) is 0 Å². The summed E-state index contributed by atoms with van der Waals surface area (Å²) in [5.74, 6) is 0.923. The van der Waals surface area contributed by atoms with Gasteiger partial charge in [0.25, 0.3) is 0 Å². The number of anilines is 1. The lowest BCUT2D eigenvalue weighted by Crippen LogP contribution is -2.41. The van der Waals surface area contributed by atoms with Crippen LogP contribution in [0.2, 0.25) is 0 Å². The highest BCUT2D eigenvalue weighted by atomic mass is 35.5. The number of hydrogen-bond donors (Lipinski definition) is 2. The molecule has 0 saturated carbocycles. The molecule has 2 unspecified atom stereocenters. The molecular formula is C15H26Cl2N4O2. The molecule has 1 saturated heterocycles. The molecule has 1 amide bonds. The van der Waals surface area contributed by atoms with Crippen molar-refractivity contribution >= 4 is 36.5 Å². The van der Waals surface area contributed by atoms with Crippen LogP contribution in [0.5, 0.6) is 0 Å². The molecule has 8 heteroatoms. The molecule has 1 aromatic heterocycles. The summed E-state index contributed by atoms with van der Waals surface area (Å²) in [5, 5.41) is 2.84. The van der Waals surface area contributed by atoms with Crippen molar-refractivity contribution in [2.45, 2.75) is 39.0 Å². The maximum atomic E-state index is 11.5. The molecular weight excluding hydrogens is 339 g/mol. The third kappa shape index (κ3) is 7.35. The molecule has 3 N–H and O–H groups in total. The fourth-order valence-corrected chi connectivity index (χ4v) is 2.30. The predicted molar refractivity (Wildman–Crippen MR) is 96.5 cm³/mol. The number of pyridine rings is 1. The Morgan fingerprint density at radius 2 is 2.26 bits per heavy atom. The average Bonchev–Trinajstić information content (AvgIpc) is 2.45. The molecule has 1 aliphatic rings. The zero-order valence-electron chi connectivity index (χ0n) is 13.5. The van der Waals surface area contributed by atoms with E-state index in [1.165, 1.54) is 0 Å². The Hall–Kier alpha value is -1.08. The summed E-state index contributed by atoms with van der Waals surface area (Å²) < 4.78 is 5.52. The zero-order valence-corrected chi connectivity index (χ0v) is 15.2. The Labute approximate surface area is 150 Å². The van der Waals surface area contributed by atoms with Crippen molar-refractivity contribution in [1.82, 2.24) is 10.3 Å². The van der Waals surface area contributed by atoms with Crippen LogP contribution in [0.4, 0.5) is 5.82 Å². The van der Waals surface area contributed by atoms with Crippen LogP contribution in [-0.2, 0) is 16.1 Å². The van der Waals surface area contributed by atoms with Crippen molar-refractivity contribution in [2.24, 2.45) is 5.73 Å². The van der Waals surface area contributed by atoms with Crippen LogP contribution in [-0.4, -0.2) is 42.7 Å². The highest BCUT2D eigenvalue weighted by Gasteiger charge is 2.17. The van der Waals surface area contributed by atoms with Gasteiger partial charge in [0, 0.05) is 38.3 Å². The van der Waals surface area contributed by atoms with Gasteiger partial charge in [0.2, 0.25) is 5.91 Å². The zero-order chi connectivity index (χ0) is 15.2. The largest absolute Gasteiger partial charge is 0.375 e. The van der Waals surface area contributed by atoms with Crippen molar-refractivity contribution in [1.29, 1.82) is 0 Å². The summed E-state index contributed by atoms with van der Waals surface area (Å²) in [4.78, 5) is 18.2. The van der Waals surface area contributed by atoms with Crippen molar-refractivity contribution < 1.29 is 9.53 Å². The molecule has 2 atom stereocenters. The van der Waals surface area contributed by atoms with E-state index >= 15 is 0 Å². The number of carbonyl (C=O) groups excluding carboxylic acids is 1. The van der Waals surface area contributed by atoms with Crippen LogP contribution < -0.4 is 16.0 Å². The molecule has 23 heavy (non-hydrogen) atoms. The summed E-state index contributed by atoms with van der Waals surface area (Å²) >= 11 is 0. The van der Waals surface area contributed by atoms with Crippen LogP contribution in [0.3, 0.4) is 0 Å². The Morgan fingerprint density at radius 3 is 2.83 bits per heavy atom. The molecule has 0 radical (unpaired) electrons. The number of hydrogen-bond acceptors (Lipinski definition) is 5. The standard InChI is InChI=1S/C15H24N4O2.2ClH/c1-11(16)7-15(20)18-9-13-3-4-14(17-8-13)19-5-6-21-12(2)10-19;;/h3-4,8,11-12H,5-7,9-10,16H2,1-2H3,(H,18,20);2*1H. The third-order valence-electron chi connectivity index (χ3n) is 3.37. The lowest BCUT2D eigenvalue weighted by molar-refractivity contribution is -0.121. The van der Waals surface area contributed by atoms with Crippen LogP contribution in [0.1, 0.15) is 25.8 Å². The van der Waals surface area contributed by atoms with Crippen LogP contribution in [0.15, 0.2) is 18.3 Å². The summed E-state index contributed by atoms with van der Waals surface area (Å²) in [7, 11) is 0. The number of nitrogens with one attached hydrogen (secondary N) is 1. The van der Waals surface area contributed by atoms with Crippen molar-refractivity contribution in [3.8, 4) is 0 Å². The van der Waals surface area contributed by atoms with E-state index in [2.05, 4.69) is 22.1 Å². The van der Waals surface area contributed by atoms with E-state index in [0.717, 1.165) is 31.1 Å². The molecule has 1 fully saturated rings. The van der Waals surface area contributed by atoms with E-state index in [1.807, 2.05) is 25.3 Å². The first-order chi connectivity index (χ1) is 10.0. The molecule has 2 rings (SSSR count). The van der Waals surface area contributed by atoms with E-state index < -0.39 is 0 Å². The van der Waals surface area contributed by atoms with Crippen LogP contribution in [0, 0.1) is 0 Å². The van der Waals surface area contributed by atoms with Gasteiger partial charge in [-0.3, -0.25) is 4.79 Å². The van der Waals surface area contributed by atoms with Crippen molar-refractivity contribution in [3.05, 3.63) is 23.9 Å². The third-order valence-corrected chi connectivity index (χ3v) is 3.37. The van der Waals surface area contributed by atoms with Gasteiger partial charge < -0.3 is 20.7 Å². The molecule has 0 aliphatic carbocycles. The number of nitrogens with zero attached hydrogens (tertiary/aromatic N) is 2. The van der Waals surface area contributed by atoms with Gasteiger partial charge in [-0.1, -0.05) is 6.07 Å².